The van der Waals surface area contributed by atoms with E-state index in [9.17, 15) is 14.9 Å². The molecule has 8 nitrogen and oxygen atoms in total. The topological polar surface area (TPSA) is 117 Å². The van der Waals surface area contributed by atoms with E-state index < -0.39 is 16.8 Å². The predicted molar refractivity (Wildman–Crippen MR) is 129 cm³/mol. The SMILES string of the molecule is CC1=C(C(=O)OCCCCCN)C(c2ccccc2OCc2ccccc2)C([N+](=O)[O-])=C(C)N1. The van der Waals surface area contributed by atoms with Crippen LogP contribution in [0.1, 0.15) is 50.2 Å². The molecular formula is C26H31N3O5. The molecule has 1 heterocycles. The Balaban J connectivity index is 1.95. The minimum absolute atomic E-state index is 0.101. The summed E-state index contributed by atoms with van der Waals surface area (Å²) in [5.41, 5.74) is 8.04. The van der Waals surface area contributed by atoms with Gasteiger partial charge in [0.15, 0.2) is 0 Å². The van der Waals surface area contributed by atoms with Gasteiger partial charge in [-0.1, -0.05) is 48.5 Å². The van der Waals surface area contributed by atoms with E-state index >= 15 is 0 Å². The molecule has 3 N–H and O–H groups in total. The van der Waals surface area contributed by atoms with Crippen molar-refractivity contribution in [2.75, 3.05) is 13.2 Å². The van der Waals surface area contributed by atoms with Gasteiger partial charge < -0.3 is 20.5 Å². The molecule has 0 saturated carbocycles. The van der Waals surface area contributed by atoms with Crippen LogP contribution in [0.15, 0.2) is 77.3 Å². The van der Waals surface area contributed by atoms with Crippen molar-refractivity contribution in [3.05, 3.63) is 98.5 Å². The van der Waals surface area contributed by atoms with Crippen molar-refractivity contribution in [2.24, 2.45) is 5.73 Å². The molecule has 1 unspecified atom stereocenters. The van der Waals surface area contributed by atoms with E-state index in [1.54, 1.807) is 38.1 Å². The van der Waals surface area contributed by atoms with Crippen molar-refractivity contribution in [2.45, 2.75) is 45.6 Å². The van der Waals surface area contributed by atoms with E-state index in [2.05, 4.69) is 5.32 Å². The number of rotatable bonds is 11. The largest absolute Gasteiger partial charge is 0.489 e. The molecule has 2 aromatic carbocycles. The summed E-state index contributed by atoms with van der Waals surface area (Å²) < 4.78 is 11.6. The van der Waals surface area contributed by atoms with Crippen LogP contribution in [0.25, 0.3) is 0 Å². The number of benzene rings is 2. The predicted octanol–water partition coefficient (Wildman–Crippen LogP) is 4.41. The van der Waals surface area contributed by atoms with Crippen LogP contribution in [0.5, 0.6) is 5.75 Å². The zero-order valence-corrected chi connectivity index (χ0v) is 19.6. The number of ether oxygens (including phenoxy) is 2. The number of esters is 1. The number of nitrogens with one attached hydrogen (secondary N) is 1. The van der Waals surface area contributed by atoms with Gasteiger partial charge >= 0.3 is 5.97 Å². The van der Waals surface area contributed by atoms with Gasteiger partial charge in [0.05, 0.1) is 22.8 Å². The summed E-state index contributed by atoms with van der Waals surface area (Å²) in [5.74, 6) is -1.03. The molecular weight excluding hydrogens is 434 g/mol. The number of para-hydroxylation sites is 1. The van der Waals surface area contributed by atoms with Gasteiger partial charge in [-0.05, 0) is 51.3 Å². The van der Waals surface area contributed by atoms with Crippen LogP contribution in [0.4, 0.5) is 0 Å². The summed E-state index contributed by atoms with van der Waals surface area (Å²) >= 11 is 0. The third-order valence-corrected chi connectivity index (χ3v) is 5.69. The third-order valence-electron chi connectivity index (χ3n) is 5.69. The summed E-state index contributed by atoms with van der Waals surface area (Å²) in [6.45, 7) is 4.47. The van der Waals surface area contributed by atoms with Gasteiger partial charge in [-0.15, -0.1) is 0 Å². The van der Waals surface area contributed by atoms with Gasteiger partial charge in [-0.3, -0.25) is 10.1 Å². The number of hydrogen-bond donors (Lipinski definition) is 2. The van der Waals surface area contributed by atoms with E-state index in [0.717, 1.165) is 18.4 Å². The molecule has 0 amide bonds. The van der Waals surface area contributed by atoms with Crippen molar-refractivity contribution in [1.82, 2.24) is 5.32 Å². The lowest BCUT2D eigenvalue weighted by Crippen LogP contribution is -2.32. The standard InChI is InChI=1S/C26H31N3O5/c1-18-23(26(30)33-16-10-4-9-15-27)24(25(29(31)32)19(2)28-18)21-13-7-8-14-22(21)34-17-20-11-5-3-6-12-20/h3,5-8,11-14,24,28H,4,9-10,15-17,27H2,1-2H3. The fourth-order valence-electron chi connectivity index (χ4n) is 4.05. The normalized spacial score (nSPS) is 15.7. The van der Waals surface area contributed by atoms with E-state index in [4.69, 9.17) is 15.2 Å². The van der Waals surface area contributed by atoms with Crippen molar-refractivity contribution in [3.63, 3.8) is 0 Å². The maximum absolute atomic E-state index is 13.2. The molecule has 2 aromatic rings. The average Bonchev–Trinajstić information content (AvgIpc) is 2.82. The minimum Gasteiger partial charge on any atom is -0.489 e. The van der Waals surface area contributed by atoms with Crippen molar-refractivity contribution in [1.29, 1.82) is 0 Å². The molecule has 0 bridgehead atoms. The first kappa shape index (κ1) is 25.0. The fraction of sp³-hybridized carbons (Fsp3) is 0.346. The van der Waals surface area contributed by atoms with Crippen LogP contribution in [0, 0.1) is 10.1 Å². The second kappa shape index (κ2) is 12.0. The van der Waals surface area contributed by atoms with E-state index in [1.165, 1.54) is 0 Å². The number of dihydropyridines is 1. The number of nitrogens with zero attached hydrogens (tertiary/aromatic N) is 1. The van der Waals surface area contributed by atoms with Crippen molar-refractivity contribution < 1.29 is 19.2 Å². The molecule has 180 valence electrons. The van der Waals surface area contributed by atoms with Crippen LogP contribution >= 0.6 is 0 Å². The lowest BCUT2D eigenvalue weighted by Gasteiger charge is -2.27. The summed E-state index contributed by atoms with van der Waals surface area (Å²) in [4.78, 5) is 24.8. The average molecular weight is 466 g/mol. The molecule has 0 aromatic heterocycles. The molecule has 8 heteroatoms. The van der Waals surface area contributed by atoms with Gasteiger partial charge in [0.1, 0.15) is 18.3 Å². The third kappa shape index (κ3) is 6.02. The number of hydrogen-bond acceptors (Lipinski definition) is 7. The zero-order chi connectivity index (χ0) is 24.5. The monoisotopic (exact) mass is 465 g/mol. The Bertz CT molecular complexity index is 1080. The molecule has 3 rings (SSSR count). The number of allylic oxidation sites excluding steroid dienone is 3. The first-order valence-corrected chi connectivity index (χ1v) is 11.4. The first-order valence-electron chi connectivity index (χ1n) is 11.4. The highest BCUT2D eigenvalue weighted by Crippen LogP contribution is 2.42. The van der Waals surface area contributed by atoms with Gasteiger partial charge in [0, 0.05) is 11.3 Å². The van der Waals surface area contributed by atoms with E-state index in [-0.39, 0.29) is 17.9 Å². The molecule has 0 spiro atoms. The smallest absolute Gasteiger partial charge is 0.336 e. The Morgan fingerprint density at radius 3 is 2.44 bits per heavy atom. The zero-order valence-electron chi connectivity index (χ0n) is 19.6. The Hall–Kier alpha value is -3.65. The Morgan fingerprint density at radius 1 is 1.03 bits per heavy atom. The Morgan fingerprint density at radius 2 is 1.74 bits per heavy atom. The van der Waals surface area contributed by atoms with Gasteiger partial charge in [0.25, 0.3) is 5.70 Å². The van der Waals surface area contributed by atoms with E-state index in [1.807, 2.05) is 30.3 Å². The van der Waals surface area contributed by atoms with Crippen molar-refractivity contribution in [3.8, 4) is 5.75 Å². The lowest BCUT2D eigenvalue weighted by atomic mass is 9.83. The summed E-state index contributed by atoms with van der Waals surface area (Å²) in [6.07, 6.45) is 2.38. The van der Waals surface area contributed by atoms with Crippen LogP contribution in [0.2, 0.25) is 0 Å². The molecule has 1 aliphatic heterocycles. The quantitative estimate of drug-likeness (QED) is 0.218. The number of carbonyl (C=O) groups is 1. The molecule has 34 heavy (non-hydrogen) atoms. The fourth-order valence-corrected chi connectivity index (χ4v) is 4.05. The Kier molecular flexibility index (Phi) is 8.81. The highest BCUT2D eigenvalue weighted by molar-refractivity contribution is 5.92. The summed E-state index contributed by atoms with van der Waals surface area (Å²) in [5, 5.41) is 15.1. The molecule has 0 saturated heterocycles. The Labute approximate surface area is 199 Å². The molecule has 0 aliphatic carbocycles. The number of nitro groups is 1. The summed E-state index contributed by atoms with van der Waals surface area (Å²) in [6, 6.07) is 16.8. The molecule has 1 aliphatic rings. The number of nitrogens with two attached hydrogens (primary N) is 1. The highest BCUT2D eigenvalue weighted by atomic mass is 16.6. The lowest BCUT2D eigenvalue weighted by molar-refractivity contribution is -0.431. The van der Waals surface area contributed by atoms with Crippen LogP contribution in [-0.4, -0.2) is 24.0 Å². The number of carbonyl (C=O) groups excluding carboxylic acids is 1. The highest BCUT2D eigenvalue weighted by Gasteiger charge is 2.42. The van der Waals surface area contributed by atoms with Crippen molar-refractivity contribution >= 4 is 5.97 Å². The van der Waals surface area contributed by atoms with Crippen LogP contribution in [0.3, 0.4) is 0 Å². The molecule has 0 fully saturated rings. The van der Waals surface area contributed by atoms with Crippen LogP contribution in [-0.2, 0) is 16.1 Å². The second-order valence-corrected chi connectivity index (χ2v) is 8.16. The van der Waals surface area contributed by atoms with Gasteiger partial charge in [0.2, 0.25) is 0 Å². The van der Waals surface area contributed by atoms with Gasteiger partial charge in [-0.25, -0.2) is 4.79 Å². The molecule has 0 radical (unpaired) electrons. The van der Waals surface area contributed by atoms with Gasteiger partial charge in [-0.2, -0.15) is 0 Å². The summed E-state index contributed by atoms with van der Waals surface area (Å²) in [7, 11) is 0. The van der Waals surface area contributed by atoms with Crippen LogP contribution < -0.4 is 15.8 Å². The first-order chi connectivity index (χ1) is 16.4. The molecule has 1 atom stereocenters. The van der Waals surface area contributed by atoms with E-state index in [0.29, 0.717) is 42.3 Å². The minimum atomic E-state index is -0.931. The number of unbranched alkanes of at least 4 members (excludes halogenated alkanes) is 2. The maximum Gasteiger partial charge on any atom is 0.336 e. The maximum atomic E-state index is 13.2. The second-order valence-electron chi connectivity index (χ2n) is 8.16.